The van der Waals surface area contributed by atoms with Crippen LogP contribution in [0.3, 0.4) is 0 Å². The third-order valence-corrected chi connectivity index (χ3v) is 5.79. The van der Waals surface area contributed by atoms with Crippen LogP contribution in [-0.4, -0.2) is 16.6 Å². The number of nitrogens with zero attached hydrogens (tertiary/aromatic N) is 2. The first-order chi connectivity index (χ1) is 11.6. The zero-order valence-electron chi connectivity index (χ0n) is 12.8. The maximum Gasteiger partial charge on any atom is 0.246 e. The van der Waals surface area contributed by atoms with Crippen molar-refractivity contribution in [3.8, 4) is 11.3 Å². The van der Waals surface area contributed by atoms with Gasteiger partial charge in [0.25, 0.3) is 0 Å². The van der Waals surface area contributed by atoms with Gasteiger partial charge in [-0.3, -0.25) is 4.79 Å². The van der Waals surface area contributed by atoms with E-state index in [4.69, 9.17) is 0 Å². The third-order valence-electron chi connectivity index (χ3n) is 3.21. The average Bonchev–Trinajstić information content (AvgIpc) is 3.23. The molecule has 0 spiro atoms. The Bertz CT molecular complexity index is 871. The fraction of sp³-hybridized carbons (Fsp3) is 0.118. The van der Waals surface area contributed by atoms with Gasteiger partial charge in [0.2, 0.25) is 5.91 Å². The zero-order chi connectivity index (χ0) is 16.9. The number of rotatable bonds is 5. The molecular weight excluding hydrogens is 406 g/mol. The van der Waals surface area contributed by atoms with E-state index in [1.807, 2.05) is 54.8 Å². The Morgan fingerprint density at radius 3 is 2.75 bits per heavy atom. The van der Waals surface area contributed by atoms with Gasteiger partial charge in [-0.05, 0) is 35.0 Å². The number of carbonyl (C=O) groups excluding carboxylic acids is 1. The maximum atomic E-state index is 12.0. The lowest BCUT2D eigenvalue weighted by Gasteiger charge is -1.99. The molecule has 0 fully saturated rings. The van der Waals surface area contributed by atoms with Crippen LogP contribution in [0.5, 0.6) is 0 Å². The summed E-state index contributed by atoms with van der Waals surface area (Å²) in [5, 5.41) is 6.90. The van der Waals surface area contributed by atoms with Gasteiger partial charge in [0.05, 0.1) is 26.5 Å². The van der Waals surface area contributed by atoms with Crippen molar-refractivity contribution in [3.63, 3.8) is 0 Å². The first kappa shape index (κ1) is 17.0. The summed E-state index contributed by atoms with van der Waals surface area (Å²) in [5.41, 5.74) is 5.32. The molecule has 0 aliphatic heterocycles. The number of amides is 1. The summed E-state index contributed by atoms with van der Waals surface area (Å²) in [6.45, 7) is 1.87. The number of halogens is 1. The van der Waals surface area contributed by atoms with Gasteiger partial charge in [-0.1, -0.05) is 30.3 Å². The molecule has 7 heteroatoms. The topological polar surface area (TPSA) is 54.4 Å². The van der Waals surface area contributed by atoms with E-state index < -0.39 is 0 Å². The molecule has 1 amide bonds. The number of benzene rings is 1. The minimum absolute atomic E-state index is 0.168. The Kier molecular flexibility index (Phi) is 5.55. The van der Waals surface area contributed by atoms with Crippen molar-refractivity contribution in [1.29, 1.82) is 0 Å². The lowest BCUT2D eigenvalue weighted by atomic mass is 10.2. The van der Waals surface area contributed by atoms with Gasteiger partial charge in [0, 0.05) is 10.9 Å². The van der Waals surface area contributed by atoms with Crippen LogP contribution in [0.2, 0.25) is 0 Å². The van der Waals surface area contributed by atoms with Crippen LogP contribution in [-0.2, 0) is 11.2 Å². The molecule has 0 unspecified atom stereocenters. The monoisotopic (exact) mass is 419 g/mol. The highest BCUT2D eigenvalue weighted by molar-refractivity contribution is 9.11. The van der Waals surface area contributed by atoms with E-state index in [1.54, 1.807) is 11.3 Å². The Hall–Kier alpha value is -1.83. The number of hydrazone groups is 1. The summed E-state index contributed by atoms with van der Waals surface area (Å²) in [6.07, 6.45) is 0.225. The zero-order valence-corrected chi connectivity index (χ0v) is 16.0. The van der Waals surface area contributed by atoms with Crippen LogP contribution in [0, 0.1) is 0 Å². The molecule has 0 saturated carbocycles. The number of carbonyl (C=O) groups is 1. The van der Waals surface area contributed by atoms with Gasteiger partial charge in [-0.15, -0.1) is 22.7 Å². The first-order valence-corrected chi connectivity index (χ1v) is 9.69. The number of hydrogen-bond donors (Lipinski definition) is 1. The third kappa shape index (κ3) is 4.37. The van der Waals surface area contributed by atoms with Gasteiger partial charge in [0.15, 0.2) is 0 Å². The van der Waals surface area contributed by atoms with Crippen LogP contribution >= 0.6 is 38.6 Å². The summed E-state index contributed by atoms with van der Waals surface area (Å²) in [4.78, 5) is 17.6. The second kappa shape index (κ2) is 7.83. The molecule has 1 aromatic carbocycles. The van der Waals surface area contributed by atoms with Crippen molar-refractivity contribution in [3.05, 3.63) is 61.5 Å². The molecule has 3 rings (SSSR count). The molecule has 0 bridgehead atoms. The summed E-state index contributed by atoms with van der Waals surface area (Å²) >= 11 is 6.47. The second-order valence-corrected chi connectivity index (χ2v) is 8.41. The van der Waals surface area contributed by atoms with Gasteiger partial charge < -0.3 is 0 Å². The Balaban J connectivity index is 1.60. The normalized spacial score (nSPS) is 11.5. The van der Waals surface area contributed by atoms with Gasteiger partial charge in [-0.25, -0.2) is 10.4 Å². The molecule has 2 heterocycles. The summed E-state index contributed by atoms with van der Waals surface area (Å²) in [5.74, 6) is -0.168. The second-order valence-electron chi connectivity index (χ2n) is 5.01. The van der Waals surface area contributed by atoms with Crippen molar-refractivity contribution in [2.45, 2.75) is 13.3 Å². The average molecular weight is 420 g/mol. The lowest BCUT2D eigenvalue weighted by Crippen LogP contribution is -2.21. The quantitative estimate of drug-likeness (QED) is 0.480. The highest BCUT2D eigenvalue weighted by Crippen LogP contribution is 2.23. The van der Waals surface area contributed by atoms with Crippen molar-refractivity contribution < 1.29 is 4.79 Å². The standard InChI is InChI=1S/C17H14BrN3OS2/c1-11(14-7-8-15(18)24-14)20-21-16(22)9-17-19-13(10-23-17)12-5-3-2-4-6-12/h2-8,10H,9H2,1H3,(H,21,22)/b20-11+. The number of thiophene rings is 1. The fourth-order valence-electron chi connectivity index (χ4n) is 2.02. The molecule has 3 aromatic rings. The van der Waals surface area contributed by atoms with E-state index in [0.29, 0.717) is 0 Å². The Labute approximate surface area is 156 Å². The lowest BCUT2D eigenvalue weighted by molar-refractivity contribution is -0.120. The molecule has 0 aliphatic rings. The van der Waals surface area contributed by atoms with Crippen LogP contribution < -0.4 is 5.43 Å². The molecule has 0 atom stereocenters. The molecule has 4 nitrogen and oxygen atoms in total. The van der Waals surface area contributed by atoms with E-state index in [2.05, 4.69) is 31.4 Å². The predicted molar refractivity (Wildman–Crippen MR) is 104 cm³/mol. The van der Waals surface area contributed by atoms with E-state index in [0.717, 1.165) is 30.6 Å². The minimum atomic E-state index is -0.168. The Morgan fingerprint density at radius 1 is 1.25 bits per heavy atom. The minimum Gasteiger partial charge on any atom is -0.273 e. The molecular formula is C17H14BrN3OS2. The number of nitrogens with one attached hydrogen (secondary N) is 1. The van der Waals surface area contributed by atoms with Crippen LogP contribution in [0.1, 0.15) is 16.8 Å². The molecule has 24 heavy (non-hydrogen) atoms. The number of thiazole rings is 1. The highest BCUT2D eigenvalue weighted by Gasteiger charge is 2.09. The number of aromatic nitrogens is 1. The van der Waals surface area contributed by atoms with Gasteiger partial charge >= 0.3 is 0 Å². The Morgan fingerprint density at radius 2 is 2.04 bits per heavy atom. The summed E-state index contributed by atoms with van der Waals surface area (Å²) in [7, 11) is 0. The number of hydrogen-bond acceptors (Lipinski definition) is 5. The van der Waals surface area contributed by atoms with E-state index in [9.17, 15) is 4.79 Å². The molecule has 0 saturated heterocycles. The summed E-state index contributed by atoms with van der Waals surface area (Å²) < 4.78 is 1.04. The van der Waals surface area contributed by atoms with E-state index in [1.165, 1.54) is 11.3 Å². The summed E-state index contributed by atoms with van der Waals surface area (Å²) in [6, 6.07) is 13.9. The molecule has 122 valence electrons. The van der Waals surface area contributed by atoms with Crippen molar-refractivity contribution in [2.24, 2.45) is 5.10 Å². The molecule has 1 N–H and O–H groups in total. The molecule has 0 aliphatic carbocycles. The van der Waals surface area contributed by atoms with Crippen LogP contribution in [0.4, 0.5) is 0 Å². The van der Waals surface area contributed by atoms with Gasteiger partial charge in [-0.2, -0.15) is 5.10 Å². The maximum absolute atomic E-state index is 12.0. The van der Waals surface area contributed by atoms with E-state index in [-0.39, 0.29) is 12.3 Å². The SMILES string of the molecule is C/C(=N\NC(=O)Cc1nc(-c2ccccc2)cs1)c1ccc(Br)s1. The van der Waals surface area contributed by atoms with E-state index >= 15 is 0 Å². The smallest absolute Gasteiger partial charge is 0.246 e. The first-order valence-electron chi connectivity index (χ1n) is 7.20. The van der Waals surface area contributed by atoms with Crippen molar-refractivity contribution in [1.82, 2.24) is 10.4 Å². The largest absolute Gasteiger partial charge is 0.273 e. The molecule has 0 radical (unpaired) electrons. The predicted octanol–water partition coefficient (Wildman–Crippen LogP) is 4.72. The molecule has 2 aromatic heterocycles. The van der Waals surface area contributed by atoms with Gasteiger partial charge in [0.1, 0.15) is 5.01 Å². The van der Waals surface area contributed by atoms with Crippen LogP contribution in [0.25, 0.3) is 11.3 Å². The van der Waals surface area contributed by atoms with Crippen molar-refractivity contribution >= 4 is 50.2 Å². The van der Waals surface area contributed by atoms with Crippen LogP contribution in [0.15, 0.2) is 56.7 Å². The fourth-order valence-corrected chi connectivity index (χ4v) is 4.15. The highest BCUT2D eigenvalue weighted by atomic mass is 79.9. The van der Waals surface area contributed by atoms with Crippen molar-refractivity contribution in [2.75, 3.05) is 0 Å².